The Bertz CT molecular complexity index is 906. The predicted molar refractivity (Wildman–Crippen MR) is 116 cm³/mol. The molecule has 2 atom stereocenters. The minimum Gasteiger partial charge on any atom is -0.492 e. The number of piperidine rings is 1. The highest BCUT2D eigenvalue weighted by Gasteiger charge is 2.43. The van der Waals surface area contributed by atoms with Crippen LogP contribution in [0, 0.1) is 0 Å². The van der Waals surface area contributed by atoms with Crippen LogP contribution < -0.4 is 10.1 Å². The number of likely N-dealkylation sites (tertiary alicyclic amines) is 1. The number of carbonyl (C=O) groups excluding carboxylic acids is 2. The number of nitrogens with zero attached hydrogens (tertiary/aromatic N) is 1. The van der Waals surface area contributed by atoms with Gasteiger partial charge in [0.15, 0.2) is 0 Å². The largest absolute Gasteiger partial charge is 0.492 e. The fraction of sp³-hybridized carbons (Fsp3) is 0.417. The second-order valence-electron chi connectivity index (χ2n) is 7.87. The number of esters is 1. The number of carbonyl (C=O) groups is 2. The molecule has 0 bridgehead atoms. The average molecular weight is 446 g/mol. The lowest BCUT2D eigenvalue weighted by Crippen LogP contribution is -2.55. The van der Waals surface area contributed by atoms with Crippen LogP contribution >= 0.6 is 0 Å². The van der Waals surface area contributed by atoms with Gasteiger partial charge in [0.2, 0.25) is 5.91 Å². The van der Waals surface area contributed by atoms with E-state index in [0.717, 1.165) is 5.56 Å². The molecule has 1 saturated heterocycles. The summed E-state index contributed by atoms with van der Waals surface area (Å²) in [5.41, 5.74) is 1.15. The molecule has 0 aliphatic carbocycles. The Hall–Kier alpha value is -3.00. The number of ether oxygens (including phenoxy) is 2. The molecule has 1 amide bonds. The molecule has 32 heavy (non-hydrogen) atoms. The van der Waals surface area contributed by atoms with Gasteiger partial charge < -0.3 is 14.8 Å². The van der Waals surface area contributed by atoms with Crippen molar-refractivity contribution in [2.24, 2.45) is 0 Å². The van der Waals surface area contributed by atoms with Gasteiger partial charge in [0.1, 0.15) is 12.4 Å². The molecule has 1 aliphatic rings. The third-order valence-electron chi connectivity index (χ3n) is 5.58. The number of methoxy groups -OCH3 is 1. The van der Waals surface area contributed by atoms with Gasteiger partial charge in [-0.3, -0.25) is 9.69 Å². The van der Waals surface area contributed by atoms with E-state index in [2.05, 4.69) is 10.1 Å². The molecule has 0 spiro atoms. The second-order valence-corrected chi connectivity index (χ2v) is 7.87. The van der Waals surface area contributed by atoms with Crippen LogP contribution in [0.15, 0.2) is 54.6 Å². The molecule has 3 rings (SSSR count). The first-order chi connectivity index (χ1) is 15.3. The average Bonchev–Trinajstić information content (AvgIpc) is 2.80. The van der Waals surface area contributed by atoms with Gasteiger partial charge in [-0.05, 0) is 36.8 Å². The molecule has 0 aromatic heterocycles. The summed E-state index contributed by atoms with van der Waals surface area (Å²) in [7, 11) is 1.30. The van der Waals surface area contributed by atoms with E-state index in [4.69, 9.17) is 4.74 Å². The van der Waals surface area contributed by atoms with Crippen LogP contribution in [0.25, 0.3) is 0 Å². The van der Waals surface area contributed by atoms with E-state index >= 15 is 0 Å². The Kier molecular flexibility index (Phi) is 7.80. The van der Waals surface area contributed by atoms with E-state index in [-0.39, 0.29) is 13.0 Å². The first kappa shape index (κ1) is 23.7. The molecule has 8 heteroatoms. The van der Waals surface area contributed by atoms with Crippen LogP contribution in [-0.2, 0) is 9.53 Å². The van der Waals surface area contributed by atoms with Gasteiger partial charge in [0.05, 0.1) is 24.8 Å². The summed E-state index contributed by atoms with van der Waals surface area (Å²) in [5, 5.41) is 2.83. The van der Waals surface area contributed by atoms with Crippen LogP contribution in [0.1, 0.15) is 41.7 Å². The molecule has 6 nitrogen and oxygen atoms in total. The molecule has 1 heterocycles. The van der Waals surface area contributed by atoms with Gasteiger partial charge in [0, 0.05) is 25.9 Å². The predicted octanol–water partition coefficient (Wildman–Crippen LogP) is 3.83. The summed E-state index contributed by atoms with van der Waals surface area (Å²) in [6.07, 6.45) is -0.815. The van der Waals surface area contributed by atoms with Gasteiger partial charge in [-0.2, -0.15) is 0 Å². The number of halogens is 2. The molecular formula is C24H28F2N2O4. The van der Waals surface area contributed by atoms with Crippen molar-refractivity contribution in [2.45, 2.75) is 37.8 Å². The number of hydrogen-bond donors (Lipinski definition) is 1. The lowest BCUT2D eigenvalue weighted by atomic mass is 9.97. The van der Waals surface area contributed by atoms with E-state index < -0.39 is 36.3 Å². The van der Waals surface area contributed by atoms with Crippen molar-refractivity contribution < 1.29 is 27.8 Å². The SMILES string of the molecule is COC(=O)c1ccc([C@H](C)NC(=O)[C@@H]2CC(F)(F)CCN2CCOc2ccccc2)cc1. The Morgan fingerprint density at radius 1 is 1.16 bits per heavy atom. The zero-order valence-electron chi connectivity index (χ0n) is 18.2. The normalized spacial score (nSPS) is 19.1. The van der Waals surface area contributed by atoms with Crippen molar-refractivity contribution in [3.8, 4) is 5.75 Å². The molecule has 0 unspecified atom stereocenters. The highest BCUT2D eigenvalue weighted by atomic mass is 19.3. The minimum atomic E-state index is -2.88. The summed E-state index contributed by atoms with van der Waals surface area (Å²) in [5.74, 6) is -3.09. The summed E-state index contributed by atoms with van der Waals surface area (Å²) in [6.45, 7) is 2.55. The number of alkyl halides is 2. The third-order valence-corrected chi connectivity index (χ3v) is 5.58. The van der Waals surface area contributed by atoms with Crippen molar-refractivity contribution in [2.75, 3.05) is 26.8 Å². The minimum absolute atomic E-state index is 0.117. The van der Waals surface area contributed by atoms with E-state index in [1.807, 2.05) is 30.3 Å². The summed E-state index contributed by atoms with van der Waals surface area (Å²) in [6, 6.07) is 14.5. The van der Waals surface area contributed by atoms with Crippen LogP contribution in [0.4, 0.5) is 8.78 Å². The number of rotatable bonds is 8. The van der Waals surface area contributed by atoms with Gasteiger partial charge >= 0.3 is 5.97 Å². The van der Waals surface area contributed by atoms with Crippen LogP contribution in [-0.4, -0.2) is 55.5 Å². The van der Waals surface area contributed by atoms with Crippen molar-refractivity contribution in [1.82, 2.24) is 10.2 Å². The maximum Gasteiger partial charge on any atom is 0.337 e. The summed E-state index contributed by atoms with van der Waals surface area (Å²) in [4.78, 5) is 26.3. The zero-order valence-corrected chi connectivity index (χ0v) is 18.2. The molecule has 1 fully saturated rings. The highest BCUT2D eigenvalue weighted by molar-refractivity contribution is 5.89. The van der Waals surface area contributed by atoms with Gasteiger partial charge in [0.25, 0.3) is 5.92 Å². The quantitative estimate of drug-likeness (QED) is 0.625. The number of benzene rings is 2. The molecule has 2 aromatic carbocycles. The topological polar surface area (TPSA) is 67.9 Å². The Balaban J connectivity index is 1.61. The molecule has 1 aliphatic heterocycles. The lowest BCUT2D eigenvalue weighted by molar-refractivity contribution is -0.138. The van der Waals surface area contributed by atoms with Crippen molar-refractivity contribution in [3.63, 3.8) is 0 Å². The molecule has 0 radical (unpaired) electrons. The van der Waals surface area contributed by atoms with Gasteiger partial charge in [-0.15, -0.1) is 0 Å². The van der Waals surface area contributed by atoms with Crippen LogP contribution in [0.2, 0.25) is 0 Å². The number of hydrogen-bond acceptors (Lipinski definition) is 5. The molecule has 2 aromatic rings. The number of nitrogens with one attached hydrogen (secondary N) is 1. The fourth-order valence-corrected chi connectivity index (χ4v) is 3.72. The summed E-state index contributed by atoms with van der Waals surface area (Å²) >= 11 is 0. The summed E-state index contributed by atoms with van der Waals surface area (Å²) < 4.78 is 38.6. The van der Waals surface area contributed by atoms with Crippen LogP contribution in [0.3, 0.4) is 0 Å². The first-order valence-electron chi connectivity index (χ1n) is 10.6. The Morgan fingerprint density at radius 3 is 2.50 bits per heavy atom. The fourth-order valence-electron chi connectivity index (χ4n) is 3.72. The zero-order chi connectivity index (χ0) is 23.1. The molecule has 0 saturated carbocycles. The smallest absolute Gasteiger partial charge is 0.337 e. The first-order valence-corrected chi connectivity index (χ1v) is 10.6. The third kappa shape index (κ3) is 6.26. The van der Waals surface area contributed by atoms with Crippen LogP contribution in [0.5, 0.6) is 5.75 Å². The van der Waals surface area contributed by atoms with Crippen molar-refractivity contribution >= 4 is 11.9 Å². The molecule has 172 valence electrons. The standard InChI is InChI=1S/C24H28F2N2O4/c1-17(18-8-10-19(11-9-18)23(30)31-2)27-22(29)21-16-24(25,26)12-13-28(21)14-15-32-20-6-4-3-5-7-20/h3-11,17,21H,12-16H2,1-2H3,(H,27,29)/t17-,21-/m0/s1. The number of amides is 1. The lowest BCUT2D eigenvalue weighted by Gasteiger charge is -2.38. The number of para-hydroxylation sites is 1. The maximum absolute atomic E-state index is 14.1. The van der Waals surface area contributed by atoms with E-state index in [0.29, 0.717) is 24.5 Å². The van der Waals surface area contributed by atoms with E-state index in [1.54, 1.807) is 36.1 Å². The van der Waals surface area contributed by atoms with Crippen molar-refractivity contribution in [3.05, 3.63) is 65.7 Å². The Labute approximate surface area is 186 Å². The van der Waals surface area contributed by atoms with E-state index in [1.165, 1.54) is 7.11 Å². The molecular weight excluding hydrogens is 418 g/mol. The van der Waals surface area contributed by atoms with E-state index in [9.17, 15) is 18.4 Å². The second kappa shape index (κ2) is 10.5. The maximum atomic E-state index is 14.1. The van der Waals surface area contributed by atoms with Crippen molar-refractivity contribution in [1.29, 1.82) is 0 Å². The van der Waals surface area contributed by atoms with Gasteiger partial charge in [-0.1, -0.05) is 30.3 Å². The highest BCUT2D eigenvalue weighted by Crippen LogP contribution is 2.32. The van der Waals surface area contributed by atoms with Gasteiger partial charge in [-0.25, -0.2) is 13.6 Å². The molecule has 1 N–H and O–H groups in total. The Morgan fingerprint density at radius 2 is 1.84 bits per heavy atom. The monoisotopic (exact) mass is 446 g/mol.